The molecule has 12 nitrogen and oxygen atoms in total. The number of rotatable bonds is 13. The Kier molecular flexibility index (Phi) is 10.6. The number of fused-ring (bicyclic) bond motifs is 2. The molecule has 10 rings (SSSR count). The van der Waals surface area contributed by atoms with Gasteiger partial charge in [-0.25, -0.2) is 14.8 Å². The number of ether oxygens (including phenoxy) is 1. The largest absolute Gasteiger partial charge is 0.476 e. The highest BCUT2D eigenvalue weighted by molar-refractivity contribution is 7.22. The third kappa shape index (κ3) is 7.91. The van der Waals surface area contributed by atoms with Crippen LogP contribution in [-0.2, 0) is 11.2 Å². The number of pyridine rings is 1. The van der Waals surface area contributed by atoms with Gasteiger partial charge in [0.25, 0.3) is 0 Å². The van der Waals surface area contributed by atoms with Crippen molar-refractivity contribution in [2.24, 2.45) is 16.2 Å². The van der Waals surface area contributed by atoms with Crippen LogP contribution in [0.15, 0.2) is 42.1 Å². The number of allylic oxidation sites excluding steroid dienone is 2. The van der Waals surface area contributed by atoms with Crippen LogP contribution < -0.4 is 15.5 Å². The lowest BCUT2D eigenvalue weighted by Gasteiger charge is -2.68. The van der Waals surface area contributed by atoms with Crippen molar-refractivity contribution in [1.82, 2.24) is 25.1 Å². The molecular formula is C46H60N9O3S+. The standard InChI is InChI=1S/C46H59N9O3S/c1-30-32-12-11-19-55(40(32)53-52-39(30)51-42-49-35-13-7-8-14-36(35)59-42)37-16-15-33(38(50-37)41(56)57)34(22-47)31(2)48-29-45-24-43(3)23-44(4,25-45)27-46(26-43,28-45)58-21-20-54-17-9-5-6-10-18-54/h7-8,13-16,22,47-48H,5-6,9-12,17-21,23-29H2,1-4H3,(H,56,57)(H,49,51,52)/p+1/b34-31+,47-22?. The quantitative estimate of drug-likeness (QED) is 0.0969. The molecule has 5 heterocycles. The number of aromatic carboxylic acids is 1. The molecule has 13 heteroatoms. The Morgan fingerprint density at radius 1 is 0.966 bits per heavy atom. The zero-order valence-corrected chi connectivity index (χ0v) is 36.0. The molecule has 0 spiro atoms. The van der Waals surface area contributed by atoms with Crippen molar-refractivity contribution >= 4 is 61.9 Å². The predicted molar refractivity (Wildman–Crippen MR) is 234 cm³/mol. The van der Waals surface area contributed by atoms with Gasteiger partial charge in [-0.3, -0.25) is 0 Å². The molecule has 5 N–H and O–H groups in total. The highest BCUT2D eigenvalue weighted by Crippen LogP contribution is 2.71. The van der Waals surface area contributed by atoms with E-state index in [1.54, 1.807) is 11.3 Å². The maximum absolute atomic E-state index is 12.9. The van der Waals surface area contributed by atoms with Crippen molar-refractivity contribution in [3.05, 3.63) is 64.5 Å². The molecule has 4 saturated carbocycles. The number of aromatic nitrogens is 4. The predicted octanol–water partition coefficient (Wildman–Crippen LogP) is 8.27. The van der Waals surface area contributed by atoms with E-state index in [1.165, 1.54) is 64.2 Å². The van der Waals surface area contributed by atoms with Gasteiger partial charge in [-0.15, -0.1) is 10.2 Å². The van der Waals surface area contributed by atoms with E-state index in [4.69, 9.17) is 20.1 Å². The summed E-state index contributed by atoms with van der Waals surface area (Å²) in [6, 6.07) is 11.7. The van der Waals surface area contributed by atoms with Crippen LogP contribution in [0.25, 0.3) is 15.8 Å². The van der Waals surface area contributed by atoms with E-state index >= 15 is 0 Å². The number of carboxylic acid groups (broad SMARTS) is 1. The Morgan fingerprint density at radius 2 is 1.73 bits per heavy atom. The van der Waals surface area contributed by atoms with Crippen molar-refractivity contribution in [2.75, 3.05) is 49.5 Å². The minimum atomic E-state index is -1.12. The zero-order valence-electron chi connectivity index (χ0n) is 35.2. The second-order valence-electron chi connectivity index (χ2n) is 19.3. The van der Waals surface area contributed by atoms with Crippen molar-refractivity contribution in [3.63, 3.8) is 0 Å². The summed E-state index contributed by atoms with van der Waals surface area (Å²) in [6.07, 6.45) is 15.3. The first-order chi connectivity index (χ1) is 28.4. The van der Waals surface area contributed by atoms with Crippen LogP contribution in [0.5, 0.6) is 0 Å². The summed E-state index contributed by atoms with van der Waals surface area (Å²) in [5.41, 5.74) is 5.42. The fourth-order valence-electron chi connectivity index (χ4n) is 12.8. The Bertz CT molecular complexity index is 2250. The Labute approximate surface area is 351 Å². The third-order valence-electron chi connectivity index (χ3n) is 14.1. The number of likely N-dealkylation sites (tertiary alicyclic amines) is 1. The Morgan fingerprint density at radius 3 is 2.46 bits per heavy atom. The van der Waals surface area contributed by atoms with Crippen molar-refractivity contribution in [2.45, 2.75) is 110 Å². The molecule has 59 heavy (non-hydrogen) atoms. The number of para-hydroxylation sites is 1. The van der Waals surface area contributed by atoms with Gasteiger partial charge in [-0.05, 0) is 119 Å². The number of nitrogens with zero attached hydrogens (tertiary/aromatic N) is 6. The molecule has 4 bridgehead atoms. The molecule has 4 aliphatic carbocycles. The molecule has 0 radical (unpaired) electrons. The smallest absolute Gasteiger partial charge is 0.355 e. The number of carbonyl (C=O) groups is 1. The lowest BCUT2D eigenvalue weighted by Crippen LogP contribution is -2.86. The normalized spacial score (nSPS) is 28.3. The summed E-state index contributed by atoms with van der Waals surface area (Å²) in [4.78, 5) is 27.0. The van der Waals surface area contributed by atoms with E-state index in [0.29, 0.717) is 35.1 Å². The topological polar surface area (TPSA) is 157 Å². The van der Waals surface area contributed by atoms with Gasteiger partial charge < -0.3 is 35.7 Å². The van der Waals surface area contributed by atoms with Gasteiger partial charge in [0.15, 0.2) is 22.5 Å². The van der Waals surface area contributed by atoms with Gasteiger partial charge in [0.2, 0.25) is 0 Å². The van der Waals surface area contributed by atoms with Crippen LogP contribution >= 0.6 is 11.3 Å². The van der Waals surface area contributed by atoms with Gasteiger partial charge in [-0.1, -0.05) is 50.2 Å². The average molecular weight is 819 g/mol. The summed E-state index contributed by atoms with van der Waals surface area (Å²) in [5.74, 6) is 0.739. The first kappa shape index (κ1) is 40.1. The van der Waals surface area contributed by atoms with Crippen LogP contribution in [0, 0.1) is 28.6 Å². The lowest BCUT2D eigenvalue weighted by molar-refractivity contribution is -0.623. The van der Waals surface area contributed by atoms with Gasteiger partial charge >= 0.3 is 5.97 Å². The maximum atomic E-state index is 12.9. The minimum Gasteiger partial charge on any atom is -0.476 e. The van der Waals surface area contributed by atoms with Gasteiger partial charge in [0.05, 0.1) is 34.5 Å². The number of nitrogens with two attached hydrogens (primary N) is 1. The number of benzene rings is 1. The summed E-state index contributed by atoms with van der Waals surface area (Å²) in [5, 5.41) is 34.8. The molecule has 5 fully saturated rings. The van der Waals surface area contributed by atoms with E-state index in [1.807, 2.05) is 49.1 Å². The summed E-state index contributed by atoms with van der Waals surface area (Å²) in [6.45, 7) is 14.8. The summed E-state index contributed by atoms with van der Waals surface area (Å²) in [7, 11) is 0. The number of quaternary nitrogens is 1. The molecule has 1 saturated heterocycles. The molecule has 0 amide bonds. The van der Waals surface area contributed by atoms with Crippen LogP contribution in [0.1, 0.15) is 119 Å². The van der Waals surface area contributed by atoms with Crippen LogP contribution in [0.2, 0.25) is 0 Å². The molecule has 2 aliphatic heterocycles. The van der Waals surface area contributed by atoms with E-state index in [-0.39, 0.29) is 27.5 Å². The molecule has 4 aromatic rings. The number of hydrogen-bond acceptors (Lipinski definition) is 11. The van der Waals surface area contributed by atoms with Crippen molar-refractivity contribution < 1.29 is 20.0 Å². The zero-order chi connectivity index (χ0) is 41.0. The number of thiazole rings is 1. The van der Waals surface area contributed by atoms with E-state index in [0.717, 1.165) is 84.0 Å². The molecule has 1 aromatic carbocycles. The molecule has 6 aliphatic rings. The summed E-state index contributed by atoms with van der Waals surface area (Å²) >= 11 is 1.57. The number of hydrogen-bond donors (Lipinski definition) is 4. The minimum absolute atomic E-state index is 0.0636. The highest BCUT2D eigenvalue weighted by atomic mass is 32.1. The average Bonchev–Trinajstić information content (AvgIpc) is 3.42. The van der Waals surface area contributed by atoms with E-state index < -0.39 is 5.97 Å². The Hall–Kier alpha value is -4.30. The monoisotopic (exact) mass is 818 g/mol. The molecule has 312 valence electrons. The lowest BCUT2D eigenvalue weighted by atomic mass is 9.39. The van der Waals surface area contributed by atoms with Crippen LogP contribution in [0.4, 0.5) is 22.6 Å². The SMILES string of the molecule is C/C([NH2+]CC12CC3(C)CC(C)(C1)CC(OCCN1CCCCCC1)(C3)C2)=C(/C=N)c1ccc(N2CCCc3c2nnc(Nc2nc4ccccc4s2)c3C)nc1C(=O)O. The van der Waals surface area contributed by atoms with Gasteiger partial charge in [0, 0.05) is 48.3 Å². The van der Waals surface area contributed by atoms with Crippen molar-refractivity contribution in [1.29, 1.82) is 5.41 Å². The van der Waals surface area contributed by atoms with Crippen LogP contribution in [0.3, 0.4) is 0 Å². The number of nitrogens with one attached hydrogen (secondary N) is 2. The highest BCUT2D eigenvalue weighted by Gasteiger charge is 2.66. The van der Waals surface area contributed by atoms with E-state index in [9.17, 15) is 9.90 Å². The molecule has 2 unspecified atom stereocenters. The van der Waals surface area contributed by atoms with Gasteiger partial charge in [-0.2, -0.15) is 0 Å². The Balaban J connectivity index is 0.935. The second-order valence-corrected chi connectivity index (χ2v) is 20.4. The summed E-state index contributed by atoms with van der Waals surface area (Å²) < 4.78 is 8.16. The fraction of sp³-hybridized carbons (Fsp3) is 0.565. The molecule has 3 aromatic heterocycles. The number of anilines is 4. The first-order valence-electron chi connectivity index (χ1n) is 21.8. The third-order valence-corrected chi connectivity index (χ3v) is 15.1. The molecular weight excluding hydrogens is 759 g/mol. The fourth-order valence-corrected chi connectivity index (χ4v) is 13.6. The van der Waals surface area contributed by atoms with E-state index in [2.05, 4.69) is 45.6 Å². The van der Waals surface area contributed by atoms with Crippen molar-refractivity contribution in [3.8, 4) is 0 Å². The van der Waals surface area contributed by atoms with Crippen LogP contribution in [-0.4, -0.2) is 87.3 Å². The second kappa shape index (κ2) is 15.6. The van der Waals surface area contributed by atoms with Gasteiger partial charge in [0.1, 0.15) is 11.5 Å². The maximum Gasteiger partial charge on any atom is 0.355 e. The molecule has 2 atom stereocenters. The number of carboxylic acids is 1. The first-order valence-corrected chi connectivity index (χ1v) is 22.6.